The van der Waals surface area contributed by atoms with Crippen LogP contribution in [0.4, 0.5) is 0 Å². The summed E-state index contributed by atoms with van der Waals surface area (Å²) in [5, 5.41) is 6.39. The van der Waals surface area contributed by atoms with Crippen molar-refractivity contribution in [2.24, 2.45) is 5.14 Å². The molecule has 0 fully saturated rings. The predicted octanol–water partition coefficient (Wildman–Crippen LogP) is 1.85. The molecule has 2 N–H and O–H groups in total. The van der Waals surface area contributed by atoms with Crippen molar-refractivity contribution in [3.05, 3.63) is 69.3 Å². The Labute approximate surface area is 140 Å². The molecule has 3 aromatic rings. The van der Waals surface area contributed by atoms with Crippen LogP contribution in [0.25, 0.3) is 10.8 Å². The number of pyridine rings is 2. The zero-order chi connectivity index (χ0) is 16.6. The first kappa shape index (κ1) is 15.9. The van der Waals surface area contributed by atoms with Crippen molar-refractivity contribution in [2.45, 2.75) is 11.4 Å². The second kappa shape index (κ2) is 5.88. The van der Waals surface area contributed by atoms with Gasteiger partial charge in [-0.15, -0.1) is 0 Å². The summed E-state index contributed by atoms with van der Waals surface area (Å²) in [6, 6.07) is 9.62. The van der Waals surface area contributed by atoms with E-state index in [4.69, 9.17) is 5.14 Å². The van der Waals surface area contributed by atoms with E-state index >= 15 is 0 Å². The predicted molar refractivity (Wildman–Crippen MR) is 90.6 cm³/mol. The highest BCUT2D eigenvalue weighted by Gasteiger charge is 2.08. The number of hydrogen-bond donors (Lipinski definition) is 1. The summed E-state index contributed by atoms with van der Waals surface area (Å²) in [5.74, 6) is 0. The molecule has 0 radical (unpaired) electrons. The fourth-order valence-electron chi connectivity index (χ4n) is 2.26. The van der Waals surface area contributed by atoms with E-state index in [0.717, 1.165) is 10.9 Å². The van der Waals surface area contributed by atoms with Gasteiger partial charge in [0.2, 0.25) is 10.0 Å². The van der Waals surface area contributed by atoms with Crippen LogP contribution in [0, 0.1) is 0 Å². The first-order chi connectivity index (χ1) is 10.8. The molecule has 118 valence electrons. The maximum Gasteiger partial charge on any atom is 0.258 e. The Kier molecular flexibility index (Phi) is 4.05. The van der Waals surface area contributed by atoms with E-state index in [1.54, 1.807) is 35.2 Å². The van der Waals surface area contributed by atoms with Crippen LogP contribution in [0.5, 0.6) is 0 Å². The third kappa shape index (κ3) is 3.34. The average Bonchev–Trinajstić information content (AvgIpc) is 2.50. The third-order valence-electron chi connectivity index (χ3n) is 3.43. The molecule has 0 amide bonds. The Morgan fingerprint density at radius 3 is 2.52 bits per heavy atom. The molecule has 2 aromatic heterocycles. The van der Waals surface area contributed by atoms with Gasteiger partial charge in [0, 0.05) is 17.8 Å². The number of fused-ring (bicyclic) bond motifs is 1. The van der Waals surface area contributed by atoms with E-state index in [0.29, 0.717) is 16.5 Å². The average molecular weight is 394 g/mol. The van der Waals surface area contributed by atoms with Crippen molar-refractivity contribution in [3.63, 3.8) is 0 Å². The van der Waals surface area contributed by atoms with Gasteiger partial charge < -0.3 is 4.57 Å². The highest BCUT2D eigenvalue weighted by molar-refractivity contribution is 9.10. The summed E-state index contributed by atoms with van der Waals surface area (Å²) in [6.07, 6.45) is 3.32. The highest BCUT2D eigenvalue weighted by atomic mass is 79.9. The second-order valence-electron chi connectivity index (χ2n) is 5.03. The van der Waals surface area contributed by atoms with Gasteiger partial charge in [-0.25, -0.2) is 18.5 Å². The van der Waals surface area contributed by atoms with Crippen LogP contribution in [-0.2, 0) is 16.6 Å². The van der Waals surface area contributed by atoms with Gasteiger partial charge in [0.25, 0.3) is 5.56 Å². The Hall–Kier alpha value is -2.03. The van der Waals surface area contributed by atoms with E-state index in [9.17, 15) is 13.2 Å². The summed E-state index contributed by atoms with van der Waals surface area (Å²) >= 11 is 3.26. The summed E-state index contributed by atoms with van der Waals surface area (Å²) in [6.45, 7) is 0.333. The fourth-order valence-corrected chi connectivity index (χ4v) is 3.10. The molecular formula is C15H12BrN3O3S. The Morgan fingerprint density at radius 1 is 1.17 bits per heavy atom. The van der Waals surface area contributed by atoms with Crippen LogP contribution in [0.3, 0.4) is 0 Å². The summed E-state index contributed by atoms with van der Waals surface area (Å²) in [7, 11) is -3.71. The van der Waals surface area contributed by atoms with Crippen molar-refractivity contribution >= 4 is 36.7 Å². The summed E-state index contributed by atoms with van der Waals surface area (Å²) < 4.78 is 24.6. The molecule has 0 atom stereocenters. The molecule has 0 saturated carbocycles. The first-order valence-electron chi connectivity index (χ1n) is 6.61. The normalized spacial score (nSPS) is 11.7. The van der Waals surface area contributed by atoms with Gasteiger partial charge in [-0.3, -0.25) is 4.79 Å². The standard InChI is InChI=1S/C15H12BrN3O3S/c16-14-7-13-11(8-18-14)5-6-19(15(13)20)9-10-1-3-12(4-2-10)23(17,21)22/h1-8H,9H2,(H2,17,21,22). The van der Waals surface area contributed by atoms with Crippen molar-refractivity contribution in [2.75, 3.05) is 0 Å². The van der Waals surface area contributed by atoms with Gasteiger partial charge in [0.05, 0.1) is 16.8 Å². The Morgan fingerprint density at radius 2 is 1.87 bits per heavy atom. The maximum atomic E-state index is 12.5. The highest BCUT2D eigenvalue weighted by Crippen LogP contribution is 2.14. The zero-order valence-electron chi connectivity index (χ0n) is 11.8. The third-order valence-corrected chi connectivity index (χ3v) is 4.79. The number of aromatic nitrogens is 2. The van der Waals surface area contributed by atoms with Gasteiger partial charge >= 0.3 is 0 Å². The lowest BCUT2D eigenvalue weighted by molar-refractivity contribution is 0.597. The maximum absolute atomic E-state index is 12.5. The molecule has 0 spiro atoms. The minimum Gasteiger partial charge on any atom is -0.311 e. The topological polar surface area (TPSA) is 95.1 Å². The van der Waals surface area contributed by atoms with E-state index in [-0.39, 0.29) is 10.5 Å². The SMILES string of the molecule is NS(=O)(=O)c1ccc(Cn2ccc3cnc(Br)cc3c2=O)cc1. The minimum absolute atomic E-state index is 0.0436. The van der Waals surface area contributed by atoms with E-state index in [1.165, 1.54) is 12.1 Å². The van der Waals surface area contributed by atoms with Gasteiger partial charge in [0.1, 0.15) is 4.60 Å². The molecule has 8 heteroatoms. The molecule has 2 heterocycles. The first-order valence-corrected chi connectivity index (χ1v) is 8.95. The van der Waals surface area contributed by atoms with Gasteiger partial charge in [-0.2, -0.15) is 0 Å². The van der Waals surface area contributed by atoms with Crippen molar-refractivity contribution < 1.29 is 8.42 Å². The van der Waals surface area contributed by atoms with E-state index < -0.39 is 10.0 Å². The number of halogens is 1. The lowest BCUT2D eigenvalue weighted by Gasteiger charge is -2.08. The molecule has 0 aliphatic rings. The van der Waals surface area contributed by atoms with Gasteiger partial charge in [0.15, 0.2) is 0 Å². The van der Waals surface area contributed by atoms with Crippen LogP contribution < -0.4 is 10.7 Å². The molecule has 0 aliphatic heterocycles. The number of rotatable bonds is 3. The van der Waals surface area contributed by atoms with Crippen LogP contribution >= 0.6 is 15.9 Å². The van der Waals surface area contributed by atoms with Crippen LogP contribution in [0.2, 0.25) is 0 Å². The monoisotopic (exact) mass is 393 g/mol. The summed E-state index contributed by atoms with van der Waals surface area (Å²) in [5.41, 5.74) is 0.660. The molecule has 6 nitrogen and oxygen atoms in total. The summed E-state index contributed by atoms with van der Waals surface area (Å²) in [4.78, 5) is 16.6. The molecular weight excluding hydrogens is 382 g/mol. The van der Waals surface area contributed by atoms with Crippen molar-refractivity contribution in [1.82, 2.24) is 9.55 Å². The fraction of sp³-hybridized carbons (Fsp3) is 0.0667. The molecule has 3 rings (SSSR count). The van der Waals surface area contributed by atoms with Crippen LogP contribution in [-0.4, -0.2) is 18.0 Å². The largest absolute Gasteiger partial charge is 0.311 e. The Balaban J connectivity index is 1.98. The lowest BCUT2D eigenvalue weighted by atomic mass is 10.2. The number of sulfonamides is 1. The Bertz CT molecular complexity index is 1040. The van der Waals surface area contributed by atoms with Crippen molar-refractivity contribution in [3.8, 4) is 0 Å². The minimum atomic E-state index is -3.71. The van der Waals surface area contributed by atoms with Crippen molar-refractivity contribution in [1.29, 1.82) is 0 Å². The molecule has 1 aromatic carbocycles. The van der Waals surface area contributed by atoms with Crippen LogP contribution in [0.15, 0.2) is 63.1 Å². The van der Waals surface area contributed by atoms with Crippen LogP contribution in [0.1, 0.15) is 5.56 Å². The van der Waals surface area contributed by atoms with E-state index in [2.05, 4.69) is 20.9 Å². The number of nitrogens with two attached hydrogens (primary N) is 1. The van der Waals surface area contributed by atoms with Gasteiger partial charge in [-0.1, -0.05) is 12.1 Å². The van der Waals surface area contributed by atoms with E-state index in [1.807, 2.05) is 6.07 Å². The zero-order valence-corrected chi connectivity index (χ0v) is 14.2. The molecule has 23 heavy (non-hydrogen) atoms. The van der Waals surface area contributed by atoms with Gasteiger partial charge in [-0.05, 0) is 45.8 Å². The quantitative estimate of drug-likeness (QED) is 0.686. The molecule has 0 aliphatic carbocycles. The number of benzene rings is 1. The number of nitrogens with zero attached hydrogens (tertiary/aromatic N) is 2. The second-order valence-corrected chi connectivity index (χ2v) is 7.41. The molecule has 0 unspecified atom stereocenters. The molecule has 0 saturated heterocycles. The number of hydrogen-bond acceptors (Lipinski definition) is 4. The molecule has 0 bridgehead atoms. The lowest BCUT2D eigenvalue weighted by Crippen LogP contribution is -2.20. The number of primary sulfonamides is 1. The smallest absolute Gasteiger partial charge is 0.258 e.